The van der Waals surface area contributed by atoms with Crippen LogP contribution < -0.4 is 15.9 Å². The summed E-state index contributed by atoms with van der Waals surface area (Å²) >= 11 is 0. The van der Waals surface area contributed by atoms with Crippen LogP contribution in [-0.4, -0.2) is 45.2 Å². The summed E-state index contributed by atoms with van der Waals surface area (Å²) in [5.41, 5.74) is 5.15. The zero-order chi connectivity index (χ0) is 34.4. The predicted molar refractivity (Wildman–Crippen MR) is 180 cm³/mol. The minimum absolute atomic E-state index is 0.00657. The van der Waals surface area contributed by atoms with Gasteiger partial charge in [-0.25, -0.2) is 0 Å². The summed E-state index contributed by atoms with van der Waals surface area (Å²) in [7, 11) is -4.31. The third-order valence-corrected chi connectivity index (χ3v) is 10.3. The molecule has 0 saturated carbocycles. The Balaban J connectivity index is 1.23. The molecule has 11 nitrogen and oxygen atoms in total. The van der Waals surface area contributed by atoms with Crippen LogP contribution in [0.4, 0.5) is 14.6 Å². The third kappa shape index (κ3) is 11.2. The predicted octanol–water partition coefficient (Wildman–Crippen LogP) is 7.56. The number of nitrogens with zero attached hydrogens (tertiary/aromatic N) is 2. The summed E-state index contributed by atoms with van der Waals surface area (Å²) in [6.45, 7) is 1.57. The van der Waals surface area contributed by atoms with Crippen molar-refractivity contribution in [2.24, 2.45) is 0 Å². The summed E-state index contributed by atoms with van der Waals surface area (Å²) in [4.78, 5) is 39.6. The van der Waals surface area contributed by atoms with Crippen LogP contribution in [0.3, 0.4) is 0 Å². The maximum absolute atomic E-state index is 15.8. The topological polar surface area (TPSA) is 144 Å². The van der Waals surface area contributed by atoms with E-state index in [1.165, 1.54) is 70.3 Å². The number of carbonyl (C=O) groups is 1. The van der Waals surface area contributed by atoms with E-state index in [2.05, 4.69) is 11.9 Å². The van der Waals surface area contributed by atoms with Gasteiger partial charge in [0.2, 0.25) is 0 Å². The quantitative estimate of drug-likeness (QED) is 0.0761. The normalized spacial score (nSPS) is 21.7. The van der Waals surface area contributed by atoms with Gasteiger partial charge in [-0.3, -0.25) is 0 Å². The molecule has 3 heterocycles. The Bertz CT molecular complexity index is 1350. The number of unbranched alkanes of at least 4 members (excludes halogenated alkanes) is 14. The molecule has 4 rings (SSSR count). The number of aromatic nitrogens is 2. The Kier molecular flexibility index (Phi) is 15.0. The molecule has 14 heteroatoms. The molecule has 2 aliphatic heterocycles. The van der Waals surface area contributed by atoms with Gasteiger partial charge in [0.25, 0.3) is 0 Å². The summed E-state index contributed by atoms with van der Waals surface area (Å²) in [6.07, 6.45) is 12.6. The first kappa shape index (κ1) is 38.1. The van der Waals surface area contributed by atoms with Crippen LogP contribution in [0.15, 0.2) is 41.3 Å². The molecule has 3 N–H and O–H groups in total. The molecule has 270 valence electrons. The number of alkyl halides is 2. The fourth-order valence-corrected chi connectivity index (χ4v) is 7.40. The minimum atomic E-state index is -4.31. The van der Waals surface area contributed by atoms with E-state index in [9.17, 15) is 14.5 Å². The van der Waals surface area contributed by atoms with Crippen molar-refractivity contribution in [3.63, 3.8) is 0 Å². The number of esters is 1. The van der Waals surface area contributed by atoms with E-state index in [-0.39, 0.29) is 18.8 Å². The van der Waals surface area contributed by atoms with E-state index in [0.717, 1.165) is 31.9 Å². The molecular formula is C34H52F2N3O8P. The van der Waals surface area contributed by atoms with Gasteiger partial charge in [-0.15, -0.1) is 0 Å². The van der Waals surface area contributed by atoms with Crippen molar-refractivity contribution in [2.45, 2.75) is 141 Å². The molecule has 0 spiro atoms. The number of nitrogens with two attached hydrogens (primary N) is 1. The van der Waals surface area contributed by atoms with Crippen LogP contribution in [0.1, 0.15) is 121 Å². The van der Waals surface area contributed by atoms with Gasteiger partial charge in [0.1, 0.15) is 0 Å². The standard InChI is InChI=1S/C34H52F2N3O8P/c1-2-3-4-5-6-7-8-9-10-11-12-13-14-15-16-21-30(40)46-31-28(25-44-48(42)43-24-26-19-17-18-20-27(26)47-48)45-32(34(31,35)36)39-23-22-29(37)38-33(39)41/h17-20,22-23,28,31-32,42,48H,2-16,21,24-25H2,1H3,(H2,37,38,41)/t28-,31-,32-/m1/s1. The molecule has 1 aromatic heterocycles. The van der Waals surface area contributed by atoms with Crippen molar-refractivity contribution in [3.8, 4) is 5.75 Å². The summed E-state index contributed by atoms with van der Waals surface area (Å²) < 4.78 is 59.6. The number of carbonyl (C=O) groups excluding carboxylic acids is 1. The molecule has 2 aromatic rings. The van der Waals surface area contributed by atoms with Gasteiger partial charge < -0.3 is 0 Å². The first-order valence-corrected chi connectivity index (χ1v) is 19.1. The van der Waals surface area contributed by atoms with E-state index < -0.39 is 50.8 Å². The number of ether oxygens (including phenoxy) is 2. The van der Waals surface area contributed by atoms with Gasteiger partial charge in [-0.05, 0) is 0 Å². The van der Waals surface area contributed by atoms with Crippen LogP contribution in [0.2, 0.25) is 0 Å². The molecule has 0 bridgehead atoms. The van der Waals surface area contributed by atoms with E-state index >= 15 is 8.78 Å². The second-order valence-electron chi connectivity index (χ2n) is 12.7. The second-order valence-corrected chi connectivity index (χ2v) is 14.5. The molecule has 0 unspecified atom stereocenters. The molecule has 1 aromatic carbocycles. The Morgan fingerprint density at radius 1 is 1.00 bits per heavy atom. The summed E-state index contributed by atoms with van der Waals surface area (Å²) in [6, 6.07) is 8.04. The first-order chi connectivity index (χ1) is 23.1. The molecule has 0 radical (unpaired) electrons. The van der Waals surface area contributed by atoms with Gasteiger partial charge >= 0.3 is 211 Å². The Labute approximate surface area is 282 Å². The van der Waals surface area contributed by atoms with Crippen LogP contribution in [0.5, 0.6) is 5.75 Å². The number of nitrogen functional groups attached to an aromatic ring is 1. The van der Waals surface area contributed by atoms with Gasteiger partial charge in [0.15, 0.2) is 0 Å². The van der Waals surface area contributed by atoms with Gasteiger partial charge in [-0.2, -0.15) is 0 Å². The Hall–Kier alpha value is -2.70. The SMILES string of the molecule is CCCCCCCCCCCCCCCCCC(=O)O[C@@H]1[C@@H](CO[PH]2(O)OCc3ccccc3O2)O[C@@H](n2ccc(N)nc2=O)C1(F)F. The molecule has 0 aliphatic carbocycles. The van der Waals surface area contributed by atoms with Gasteiger partial charge in [0, 0.05) is 0 Å². The molecule has 48 heavy (non-hydrogen) atoms. The van der Waals surface area contributed by atoms with Crippen LogP contribution in [0.25, 0.3) is 0 Å². The van der Waals surface area contributed by atoms with Crippen molar-refractivity contribution in [3.05, 3.63) is 52.6 Å². The van der Waals surface area contributed by atoms with E-state index in [1.54, 1.807) is 24.3 Å². The molecule has 0 amide bonds. The Morgan fingerprint density at radius 2 is 1.60 bits per heavy atom. The number of anilines is 1. The van der Waals surface area contributed by atoms with Gasteiger partial charge in [0.05, 0.1) is 0 Å². The number of halogens is 2. The number of fused-ring (bicyclic) bond motifs is 1. The van der Waals surface area contributed by atoms with E-state index in [0.29, 0.717) is 22.3 Å². The molecular weight excluding hydrogens is 647 g/mol. The van der Waals surface area contributed by atoms with Crippen molar-refractivity contribution in [1.82, 2.24) is 9.55 Å². The second kappa shape index (κ2) is 18.9. The van der Waals surface area contributed by atoms with Crippen molar-refractivity contribution in [2.75, 3.05) is 12.3 Å². The van der Waals surface area contributed by atoms with E-state index in [1.807, 2.05) is 0 Å². The van der Waals surface area contributed by atoms with E-state index in [4.69, 9.17) is 28.8 Å². The number of hydrogen-bond donors (Lipinski definition) is 2. The fourth-order valence-electron chi connectivity index (χ4n) is 6.01. The van der Waals surface area contributed by atoms with Crippen LogP contribution in [0, 0.1) is 0 Å². The van der Waals surface area contributed by atoms with Crippen LogP contribution >= 0.6 is 8.17 Å². The number of hydrogen-bond acceptors (Lipinski definition) is 10. The average molecular weight is 700 g/mol. The summed E-state index contributed by atoms with van der Waals surface area (Å²) in [5, 5.41) is 0. The fraction of sp³-hybridized carbons (Fsp3) is 0.676. The molecule has 1 fully saturated rings. The van der Waals surface area contributed by atoms with Crippen LogP contribution in [-0.2, 0) is 29.9 Å². The monoisotopic (exact) mass is 699 g/mol. The first-order valence-electron chi connectivity index (χ1n) is 17.5. The van der Waals surface area contributed by atoms with Crippen molar-refractivity contribution in [1.29, 1.82) is 0 Å². The van der Waals surface area contributed by atoms with Crippen molar-refractivity contribution < 1.29 is 41.5 Å². The zero-order valence-electron chi connectivity index (χ0n) is 28.0. The number of rotatable bonds is 21. The molecule has 1 saturated heterocycles. The summed E-state index contributed by atoms with van der Waals surface area (Å²) in [5.74, 6) is -4.48. The average Bonchev–Trinajstić information content (AvgIpc) is 3.30. The van der Waals surface area contributed by atoms with Crippen molar-refractivity contribution >= 4 is 20.0 Å². The maximum atomic E-state index is 15.8. The molecule has 2 aliphatic rings. The Morgan fingerprint density at radius 3 is 2.23 bits per heavy atom. The molecule has 3 atom stereocenters. The van der Waals surface area contributed by atoms with Gasteiger partial charge in [-0.1, -0.05) is 71.1 Å². The number of para-hydroxylation sites is 1. The third-order valence-electron chi connectivity index (χ3n) is 8.75. The zero-order valence-corrected chi connectivity index (χ0v) is 29.0. The number of benzene rings is 1.